The molecular weight excluding hydrogens is 256 g/mol. The van der Waals surface area contributed by atoms with Crippen molar-refractivity contribution in [3.8, 4) is 0 Å². The number of carboxylic acids is 1. The minimum absolute atomic E-state index is 0.297. The highest BCUT2D eigenvalue weighted by atomic mass is 79.9. The second-order valence-corrected chi connectivity index (χ2v) is 6.22. The number of hydrogen-bond acceptors (Lipinski definition) is 1. The number of rotatable bonds is 3. The maximum atomic E-state index is 11.0. The third-order valence-corrected chi connectivity index (χ3v) is 4.76. The number of carboxylic acid groups (broad SMARTS) is 1. The van der Waals surface area contributed by atoms with Crippen molar-refractivity contribution in [2.24, 2.45) is 23.7 Å². The molecule has 4 atom stereocenters. The van der Waals surface area contributed by atoms with E-state index in [0.717, 1.165) is 6.42 Å². The molecule has 1 N–H and O–H groups in total. The summed E-state index contributed by atoms with van der Waals surface area (Å²) < 4.78 is 0. The molecular formula is C12H21BrO2. The van der Waals surface area contributed by atoms with Gasteiger partial charge in [0.2, 0.25) is 0 Å². The fourth-order valence-corrected chi connectivity index (χ4v) is 3.40. The maximum absolute atomic E-state index is 11.0. The number of halogens is 1. The summed E-state index contributed by atoms with van der Waals surface area (Å²) in [5.74, 6) is 1.40. The standard InChI is InChI=1S/C12H21BrO2/c1-7(2)9-5-4-8(3)6-10(9)11(13)12(14)15/h7-11H,4-6H2,1-3H3,(H,14,15). The van der Waals surface area contributed by atoms with E-state index in [1.54, 1.807) is 0 Å². The highest BCUT2D eigenvalue weighted by molar-refractivity contribution is 9.10. The van der Waals surface area contributed by atoms with Crippen molar-refractivity contribution in [2.75, 3.05) is 0 Å². The van der Waals surface area contributed by atoms with E-state index in [1.165, 1.54) is 12.8 Å². The van der Waals surface area contributed by atoms with Gasteiger partial charge in [-0.1, -0.05) is 43.1 Å². The van der Waals surface area contributed by atoms with Crippen LogP contribution >= 0.6 is 15.9 Å². The Morgan fingerprint density at radius 3 is 2.40 bits per heavy atom. The van der Waals surface area contributed by atoms with Gasteiger partial charge in [0.25, 0.3) is 0 Å². The molecule has 1 rings (SSSR count). The van der Waals surface area contributed by atoms with Crippen molar-refractivity contribution in [2.45, 2.75) is 44.9 Å². The van der Waals surface area contributed by atoms with E-state index in [0.29, 0.717) is 23.7 Å². The minimum Gasteiger partial charge on any atom is -0.480 e. The summed E-state index contributed by atoms with van der Waals surface area (Å²) >= 11 is 3.34. The molecule has 0 bridgehead atoms. The van der Waals surface area contributed by atoms with E-state index in [1.807, 2.05) is 0 Å². The van der Waals surface area contributed by atoms with Crippen LogP contribution in [0.1, 0.15) is 40.0 Å². The highest BCUT2D eigenvalue weighted by Gasteiger charge is 2.37. The molecule has 4 unspecified atom stereocenters. The zero-order valence-corrected chi connectivity index (χ0v) is 11.3. The van der Waals surface area contributed by atoms with Crippen molar-refractivity contribution < 1.29 is 9.90 Å². The van der Waals surface area contributed by atoms with E-state index in [2.05, 4.69) is 36.7 Å². The SMILES string of the molecule is CC1CCC(C(C)C)C(C(Br)C(=O)O)C1. The molecule has 0 spiro atoms. The van der Waals surface area contributed by atoms with Gasteiger partial charge < -0.3 is 5.11 Å². The topological polar surface area (TPSA) is 37.3 Å². The van der Waals surface area contributed by atoms with Gasteiger partial charge in [0.1, 0.15) is 4.83 Å². The third-order valence-electron chi connectivity index (χ3n) is 3.69. The monoisotopic (exact) mass is 276 g/mol. The van der Waals surface area contributed by atoms with Crippen molar-refractivity contribution in [1.29, 1.82) is 0 Å². The quantitative estimate of drug-likeness (QED) is 0.801. The average Bonchev–Trinajstić information content (AvgIpc) is 2.15. The lowest BCUT2D eigenvalue weighted by Gasteiger charge is -2.38. The van der Waals surface area contributed by atoms with Crippen LogP contribution in [0.5, 0.6) is 0 Å². The van der Waals surface area contributed by atoms with E-state index in [-0.39, 0.29) is 4.83 Å². The van der Waals surface area contributed by atoms with Crippen LogP contribution in [0.2, 0.25) is 0 Å². The van der Waals surface area contributed by atoms with Crippen molar-refractivity contribution >= 4 is 21.9 Å². The third kappa shape index (κ3) is 3.20. The molecule has 15 heavy (non-hydrogen) atoms. The Hall–Kier alpha value is -0.0500. The molecule has 2 nitrogen and oxygen atoms in total. The molecule has 0 aromatic heterocycles. The summed E-state index contributed by atoms with van der Waals surface area (Å²) in [6.07, 6.45) is 3.47. The summed E-state index contributed by atoms with van der Waals surface area (Å²) in [5, 5.41) is 9.07. The van der Waals surface area contributed by atoms with Crippen LogP contribution in [0.4, 0.5) is 0 Å². The lowest BCUT2D eigenvalue weighted by molar-refractivity contribution is -0.138. The molecule has 1 saturated carbocycles. The molecule has 0 radical (unpaired) electrons. The molecule has 0 aromatic rings. The van der Waals surface area contributed by atoms with Crippen LogP contribution in [0, 0.1) is 23.7 Å². The summed E-state index contributed by atoms with van der Waals surface area (Å²) in [6, 6.07) is 0. The molecule has 1 aliphatic carbocycles. The normalized spacial score (nSPS) is 34.1. The van der Waals surface area contributed by atoms with Gasteiger partial charge in [0.05, 0.1) is 0 Å². The Kier molecular flexibility index (Phi) is 4.63. The van der Waals surface area contributed by atoms with Crippen LogP contribution in [-0.2, 0) is 4.79 Å². The van der Waals surface area contributed by atoms with Crippen molar-refractivity contribution in [1.82, 2.24) is 0 Å². The molecule has 3 heteroatoms. The number of carbonyl (C=O) groups is 1. The first-order valence-corrected chi connectivity index (χ1v) is 6.72. The van der Waals surface area contributed by atoms with E-state index < -0.39 is 5.97 Å². The lowest BCUT2D eigenvalue weighted by Crippen LogP contribution is -2.36. The zero-order valence-electron chi connectivity index (χ0n) is 9.74. The summed E-state index contributed by atoms with van der Waals surface area (Å²) in [6.45, 7) is 6.63. The maximum Gasteiger partial charge on any atom is 0.317 e. The molecule has 0 aliphatic heterocycles. The van der Waals surface area contributed by atoms with E-state index in [4.69, 9.17) is 5.11 Å². The lowest BCUT2D eigenvalue weighted by atomic mass is 9.69. The first-order valence-electron chi connectivity index (χ1n) is 5.80. The molecule has 0 saturated heterocycles. The highest BCUT2D eigenvalue weighted by Crippen LogP contribution is 2.41. The number of aliphatic carboxylic acids is 1. The van der Waals surface area contributed by atoms with E-state index in [9.17, 15) is 4.79 Å². The minimum atomic E-state index is -0.709. The van der Waals surface area contributed by atoms with Gasteiger partial charge in [-0.15, -0.1) is 0 Å². The van der Waals surface area contributed by atoms with Gasteiger partial charge in [-0.25, -0.2) is 0 Å². The van der Waals surface area contributed by atoms with Gasteiger partial charge in [-0.2, -0.15) is 0 Å². The summed E-state index contributed by atoms with van der Waals surface area (Å²) in [4.78, 5) is 10.7. The second kappa shape index (κ2) is 5.33. The first kappa shape index (κ1) is 13.0. The van der Waals surface area contributed by atoms with Crippen molar-refractivity contribution in [3.63, 3.8) is 0 Å². The Morgan fingerprint density at radius 2 is 1.93 bits per heavy atom. The fourth-order valence-electron chi connectivity index (χ4n) is 2.80. The van der Waals surface area contributed by atoms with Crippen LogP contribution in [0.15, 0.2) is 0 Å². The molecule has 1 fully saturated rings. The van der Waals surface area contributed by atoms with Crippen LogP contribution in [0.3, 0.4) is 0 Å². The molecule has 0 heterocycles. The Bertz CT molecular complexity index is 228. The van der Waals surface area contributed by atoms with Crippen LogP contribution in [0.25, 0.3) is 0 Å². The molecule has 0 amide bonds. The number of hydrogen-bond donors (Lipinski definition) is 1. The molecule has 1 aliphatic rings. The van der Waals surface area contributed by atoms with Gasteiger partial charge in [-0.3, -0.25) is 4.79 Å². The van der Waals surface area contributed by atoms with Crippen LogP contribution < -0.4 is 0 Å². The molecule has 0 aromatic carbocycles. The van der Waals surface area contributed by atoms with Crippen molar-refractivity contribution in [3.05, 3.63) is 0 Å². The zero-order chi connectivity index (χ0) is 11.6. The second-order valence-electron chi connectivity index (χ2n) is 5.23. The fraction of sp³-hybridized carbons (Fsp3) is 0.917. The average molecular weight is 277 g/mol. The molecule has 88 valence electrons. The van der Waals surface area contributed by atoms with Gasteiger partial charge in [0, 0.05) is 0 Å². The van der Waals surface area contributed by atoms with E-state index >= 15 is 0 Å². The first-order chi connectivity index (χ1) is 6.93. The smallest absolute Gasteiger partial charge is 0.317 e. The van der Waals surface area contributed by atoms with Crippen LogP contribution in [-0.4, -0.2) is 15.9 Å². The Balaban J connectivity index is 2.74. The Labute approximate surface area is 101 Å². The predicted molar refractivity (Wildman–Crippen MR) is 65.2 cm³/mol. The van der Waals surface area contributed by atoms with Gasteiger partial charge in [-0.05, 0) is 36.5 Å². The van der Waals surface area contributed by atoms with Gasteiger partial charge in [0.15, 0.2) is 0 Å². The summed E-state index contributed by atoms with van der Waals surface area (Å²) in [7, 11) is 0. The summed E-state index contributed by atoms with van der Waals surface area (Å²) in [5.41, 5.74) is 0. The number of alkyl halides is 1. The predicted octanol–water partition coefficient (Wildman–Crippen LogP) is 3.54. The largest absolute Gasteiger partial charge is 0.480 e. The van der Waals surface area contributed by atoms with Gasteiger partial charge >= 0.3 is 5.97 Å². The Morgan fingerprint density at radius 1 is 1.33 bits per heavy atom.